The zero-order chi connectivity index (χ0) is 18.0. The minimum atomic E-state index is -4.49. The lowest BCUT2D eigenvalue weighted by Crippen LogP contribution is -2.45. The van der Waals surface area contributed by atoms with Gasteiger partial charge < -0.3 is 4.90 Å². The third kappa shape index (κ3) is 3.70. The number of halogens is 3. The topological polar surface area (TPSA) is 92.2 Å². The van der Waals surface area contributed by atoms with E-state index in [1.54, 1.807) is 6.07 Å². The summed E-state index contributed by atoms with van der Waals surface area (Å²) in [5.41, 5.74) is 5.24. The van der Waals surface area contributed by atoms with Crippen LogP contribution in [0.15, 0.2) is 30.7 Å². The Morgan fingerprint density at radius 1 is 1.28 bits per heavy atom. The molecule has 3 rings (SSSR count). The fourth-order valence-electron chi connectivity index (χ4n) is 2.40. The molecule has 0 bridgehead atoms. The minimum Gasteiger partial charge on any atom is -0.326 e. The van der Waals surface area contributed by atoms with E-state index in [0.29, 0.717) is 4.90 Å². The second-order valence-electron chi connectivity index (χ2n) is 5.29. The van der Waals surface area contributed by atoms with Crippen LogP contribution in [-0.2, 0) is 6.54 Å². The highest BCUT2D eigenvalue weighted by atomic mass is 19.4. The second-order valence-corrected chi connectivity index (χ2v) is 5.29. The van der Waals surface area contributed by atoms with E-state index in [1.807, 2.05) is 0 Å². The van der Waals surface area contributed by atoms with E-state index >= 15 is 0 Å². The number of amides is 2. The molecule has 132 valence electrons. The van der Waals surface area contributed by atoms with Crippen LogP contribution in [0.1, 0.15) is 20.8 Å². The first-order valence-corrected chi connectivity index (χ1v) is 7.23. The first-order chi connectivity index (χ1) is 11.8. The summed E-state index contributed by atoms with van der Waals surface area (Å²) in [7, 11) is 0. The van der Waals surface area contributed by atoms with E-state index < -0.39 is 24.5 Å². The van der Waals surface area contributed by atoms with Gasteiger partial charge in [0, 0.05) is 18.9 Å². The van der Waals surface area contributed by atoms with Gasteiger partial charge in [0.15, 0.2) is 5.69 Å². The predicted octanol–water partition coefficient (Wildman–Crippen LogP) is 1.05. The maximum atomic E-state index is 12.6. The van der Waals surface area contributed by atoms with Crippen LogP contribution in [0.25, 0.3) is 0 Å². The molecular weight excluding hydrogens is 341 g/mol. The summed E-state index contributed by atoms with van der Waals surface area (Å²) in [6, 6.07) is 3.11. The molecule has 0 saturated carbocycles. The zero-order valence-electron chi connectivity index (χ0n) is 12.7. The number of nitrogens with zero attached hydrogens (tertiary/aromatic N) is 4. The van der Waals surface area contributed by atoms with E-state index in [9.17, 15) is 22.8 Å². The largest absolute Gasteiger partial charge is 0.406 e. The third-order valence-corrected chi connectivity index (χ3v) is 3.52. The molecular formula is C14H13F3N6O2. The van der Waals surface area contributed by atoms with Crippen molar-refractivity contribution in [2.45, 2.75) is 12.7 Å². The Kier molecular flexibility index (Phi) is 4.30. The van der Waals surface area contributed by atoms with Crippen molar-refractivity contribution < 1.29 is 22.8 Å². The average Bonchev–Trinajstić information content (AvgIpc) is 2.99. The molecule has 11 heteroatoms. The maximum Gasteiger partial charge on any atom is 0.406 e. The van der Waals surface area contributed by atoms with Gasteiger partial charge in [0.1, 0.15) is 12.2 Å². The Bertz CT molecular complexity index is 790. The normalized spacial score (nSPS) is 14.2. The molecule has 1 aliphatic rings. The van der Waals surface area contributed by atoms with E-state index in [-0.39, 0.29) is 30.0 Å². The van der Waals surface area contributed by atoms with Gasteiger partial charge in [0.25, 0.3) is 11.8 Å². The molecule has 0 unspecified atom stereocenters. The van der Waals surface area contributed by atoms with Gasteiger partial charge in [-0.1, -0.05) is 0 Å². The molecule has 1 aliphatic heterocycles. The molecule has 2 aromatic heterocycles. The zero-order valence-corrected chi connectivity index (χ0v) is 12.7. The lowest BCUT2D eigenvalue weighted by atomic mass is 10.2. The smallest absolute Gasteiger partial charge is 0.326 e. The van der Waals surface area contributed by atoms with Crippen LogP contribution in [0.5, 0.6) is 0 Å². The fourth-order valence-corrected chi connectivity index (χ4v) is 2.40. The monoisotopic (exact) mass is 354 g/mol. The molecule has 0 radical (unpaired) electrons. The van der Waals surface area contributed by atoms with Crippen LogP contribution >= 0.6 is 0 Å². The molecule has 0 aliphatic carbocycles. The average molecular weight is 354 g/mol. The predicted molar refractivity (Wildman–Crippen MR) is 79.5 cm³/mol. The first kappa shape index (κ1) is 16.7. The number of alkyl halides is 3. The Morgan fingerprint density at radius 2 is 2.08 bits per heavy atom. The minimum absolute atomic E-state index is 0.0398. The van der Waals surface area contributed by atoms with E-state index in [2.05, 4.69) is 20.9 Å². The van der Waals surface area contributed by atoms with Gasteiger partial charge in [-0.3, -0.25) is 30.1 Å². The maximum absolute atomic E-state index is 12.6. The SMILES string of the molecule is O=C(NNc1cnn2c1C(=O)N(CC(F)(F)F)CC2)c1cccnc1. The van der Waals surface area contributed by atoms with Crippen LogP contribution in [0, 0.1) is 0 Å². The van der Waals surface area contributed by atoms with Crippen LogP contribution in [-0.4, -0.2) is 50.7 Å². The summed E-state index contributed by atoms with van der Waals surface area (Å²) in [5.74, 6) is -1.32. The highest BCUT2D eigenvalue weighted by molar-refractivity contribution is 5.99. The second kappa shape index (κ2) is 6.42. The van der Waals surface area contributed by atoms with Crippen molar-refractivity contribution in [3.05, 3.63) is 42.0 Å². The molecule has 0 aromatic carbocycles. The van der Waals surface area contributed by atoms with Gasteiger partial charge in [0.2, 0.25) is 0 Å². The number of hydrogen-bond donors (Lipinski definition) is 2. The van der Waals surface area contributed by atoms with E-state index in [1.165, 1.54) is 29.3 Å². The van der Waals surface area contributed by atoms with Crippen LogP contribution < -0.4 is 10.9 Å². The highest BCUT2D eigenvalue weighted by Crippen LogP contribution is 2.24. The number of carbonyl (C=O) groups excluding carboxylic acids is 2. The molecule has 2 aromatic rings. The molecule has 8 nitrogen and oxygen atoms in total. The molecule has 2 amide bonds. The number of rotatable bonds is 4. The van der Waals surface area contributed by atoms with Crippen LogP contribution in [0.3, 0.4) is 0 Å². The number of pyridine rings is 1. The third-order valence-electron chi connectivity index (χ3n) is 3.52. The number of aromatic nitrogens is 3. The number of hydrazine groups is 1. The van der Waals surface area contributed by atoms with Gasteiger partial charge in [-0.05, 0) is 12.1 Å². The summed E-state index contributed by atoms with van der Waals surface area (Å²) >= 11 is 0. The quantitative estimate of drug-likeness (QED) is 0.801. The summed E-state index contributed by atoms with van der Waals surface area (Å²) in [5, 5.41) is 3.95. The Labute approximate surface area is 139 Å². The van der Waals surface area contributed by atoms with Gasteiger partial charge >= 0.3 is 6.18 Å². The van der Waals surface area contributed by atoms with Crippen molar-refractivity contribution >= 4 is 17.5 Å². The molecule has 3 heterocycles. The molecule has 0 fully saturated rings. The molecule has 2 N–H and O–H groups in total. The molecule has 0 saturated heterocycles. The van der Waals surface area contributed by atoms with Gasteiger partial charge in [-0.15, -0.1) is 0 Å². The Morgan fingerprint density at radius 3 is 2.76 bits per heavy atom. The standard InChI is InChI=1S/C14H13F3N6O2/c15-14(16,17)8-22-4-5-23-11(13(22)25)10(7-19-23)20-21-12(24)9-2-1-3-18-6-9/h1-3,6-7,20H,4-5,8H2,(H,21,24). The summed E-state index contributed by atoms with van der Waals surface area (Å²) < 4.78 is 39.0. The fraction of sp³-hybridized carbons (Fsp3) is 0.286. The lowest BCUT2D eigenvalue weighted by Gasteiger charge is -2.28. The lowest BCUT2D eigenvalue weighted by molar-refractivity contribution is -0.141. The van der Waals surface area contributed by atoms with Gasteiger partial charge in [-0.2, -0.15) is 18.3 Å². The van der Waals surface area contributed by atoms with Crippen molar-refractivity contribution in [1.29, 1.82) is 0 Å². The number of anilines is 1. The number of hydrogen-bond acceptors (Lipinski definition) is 5. The van der Waals surface area contributed by atoms with Crippen LogP contribution in [0.4, 0.5) is 18.9 Å². The highest BCUT2D eigenvalue weighted by Gasteiger charge is 2.37. The van der Waals surface area contributed by atoms with Crippen molar-refractivity contribution in [3.8, 4) is 0 Å². The summed E-state index contributed by atoms with van der Waals surface area (Å²) in [6.07, 6.45) is -0.360. The Hall–Kier alpha value is -3.11. The molecule has 0 atom stereocenters. The summed E-state index contributed by atoms with van der Waals surface area (Å²) in [6.45, 7) is -1.29. The summed E-state index contributed by atoms with van der Waals surface area (Å²) in [4.78, 5) is 28.8. The van der Waals surface area contributed by atoms with Crippen molar-refractivity contribution in [1.82, 2.24) is 25.1 Å². The van der Waals surface area contributed by atoms with Gasteiger partial charge in [-0.25, -0.2) is 0 Å². The van der Waals surface area contributed by atoms with Crippen LogP contribution in [0.2, 0.25) is 0 Å². The number of fused-ring (bicyclic) bond motifs is 1. The number of carbonyl (C=O) groups is 2. The number of nitrogens with one attached hydrogen (secondary N) is 2. The first-order valence-electron chi connectivity index (χ1n) is 7.23. The van der Waals surface area contributed by atoms with Crippen molar-refractivity contribution in [2.75, 3.05) is 18.5 Å². The van der Waals surface area contributed by atoms with Gasteiger partial charge in [0.05, 0.1) is 18.3 Å². The molecule has 0 spiro atoms. The molecule has 25 heavy (non-hydrogen) atoms. The van der Waals surface area contributed by atoms with E-state index in [4.69, 9.17) is 0 Å². The Balaban J connectivity index is 1.72. The van der Waals surface area contributed by atoms with E-state index in [0.717, 1.165) is 0 Å². The van der Waals surface area contributed by atoms with Crippen molar-refractivity contribution in [3.63, 3.8) is 0 Å². The van der Waals surface area contributed by atoms with Crippen molar-refractivity contribution in [2.24, 2.45) is 0 Å².